The van der Waals surface area contributed by atoms with Crippen molar-refractivity contribution in [3.05, 3.63) is 0 Å². The van der Waals surface area contributed by atoms with E-state index in [0.717, 1.165) is 12.8 Å². The molecule has 0 fully saturated rings. The summed E-state index contributed by atoms with van der Waals surface area (Å²) in [5, 5.41) is 0. The predicted molar refractivity (Wildman–Crippen MR) is 61.8 cm³/mol. The summed E-state index contributed by atoms with van der Waals surface area (Å²) in [6, 6.07) is 0. The van der Waals surface area contributed by atoms with E-state index in [2.05, 4.69) is 6.92 Å². The van der Waals surface area contributed by atoms with E-state index in [9.17, 15) is 4.57 Å². The van der Waals surface area contributed by atoms with Crippen molar-refractivity contribution >= 4 is 8.03 Å². The molecule has 0 aromatic rings. The summed E-state index contributed by atoms with van der Waals surface area (Å²) in [5.74, 6) is -0.476. The van der Waals surface area contributed by atoms with E-state index in [-0.39, 0.29) is 0 Å². The van der Waals surface area contributed by atoms with E-state index in [1.807, 2.05) is 0 Å². The van der Waals surface area contributed by atoms with Crippen molar-refractivity contribution in [2.24, 2.45) is 5.73 Å². The Balaban J connectivity index is 3.09. The first-order chi connectivity index (χ1) is 6.68. The lowest BCUT2D eigenvalue weighted by Gasteiger charge is -2.06. The Morgan fingerprint density at radius 1 is 1.14 bits per heavy atom. The summed E-state index contributed by atoms with van der Waals surface area (Å²) >= 11 is 0. The SMILES string of the molecule is CCCCCCCCCC(N)[PH](=O)O. The molecule has 0 bridgehead atoms. The zero-order valence-electron chi connectivity index (χ0n) is 9.17. The zero-order chi connectivity index (χ0) is 10.8. The van der Waals surface area contributed by atoms with Gasteiger partial charge in [0, 0.05) is 0 Å². The molecule has 0 aromatic heterocycles. The lowest BCUT2D eigenvalue weighted by molar-refractivity contribution is 0.478. The Morgan fingerprint density at radius 2 is 1.64 bits per heavy atom. The van der Waals surface area contributed by atoms with Crippen LogP contribution in [0.4, 0.5) is 0 Å². The molecule has 86 valence electrons. The van der Waals surface area contributed by atoms with Crippen molar-refractivity contribution in [3.8, 4) is 0 Å². The van der Waals surface area contributed by atoms with Crippen LogP contribution in [0.5, 0.6) is 0 Å². The van der Waals surface area contributed by atoms with E-state index >= 15 is 0 Å². The highest BCUT2D eigenvalue weighted by molar-refractivity contribution is 7.38. The Morgan fingerprint density at radius 3 is 2.14 bits per heavy atom. The number of hydrogen-bond acceptors (Lipinski definition) is 2. The predicted octanol–water partition coefficient (Wildman–Crippen LogP) is 2.88. The molecule has 4 heteroatoms. The molecule has 0 rings (SSSR count). The van der Waals surface area contributed by atoms with E-state index < -0.39 is 13.8 Å². The molecule has 0 aliphatic rings. The maximum absolute atomic E-state index is 10.6. The molecule has 14 heavy (non-hydrogen) atoms. The molecule has 3 N–H and O–H groups in total. The second kappa shape index (κ2) is 9.70. The minimum Gasteiger partial charge on any atom is -0.345 e. The van der Waals surface area contributed by atoms with E-state index in [1.165, 1.54) is 32.1 Å². The molecular weight excluding hydrogens is 197 g/mol. The summed E-state index contributed by atoms with van der Waals surface area (Å²) in [4.78, 5) is 8.71. The smallest absolute Gasteiger partial charge is 0.205 e. The van der Waals surface area contributed by atoms with Crippen LogP contribution in [-0.2, 0) is 4.57 Å². The van der Waals surface area contributed by atoms with Gasteiger partial charge in [0.25, 0.3) is 0 Å². The maximum atomic E-state index is 10.6. The first-order valence-corrected chi connectivity index (χ1v) is 7.10. The number of rotatable bonds is 9. The fourth-order valence-electron chi connectivity index (χ4n) is 1.44. The molecule has 0 aliphatic carbocycles. The fraction of sp³-hybridized carbons (Fsp3) is 1.00. The van der Waals surface area contributed by atoms with Crippen LogP contribution in [-0.4, -0.2) is 10.7 Å². The molecule has 0 amide bonds. The van der Waals surface area contributed by atoms with Crippen molar-refractivity contribution < 1.29 is 9.46 Å². The highest BCUT2D eigenvalue weighted by atomic mass is 31.1. The van der Waals surface area contributed by atoms with Crippen LogP contribution < -0.4 is 5.73 Å². The molecule has 0 heterocycles. The maximum Gasteiger partial charge on any atom is 0.205 e. The summed E-state index contributed by atoms with van der Waals surface area (Å²) < 4.78 is 10.6. The molecule has 0 aliphatic heterocycles. The van der Waals surface area contributed by atoms with Gasteiger partial charge in [-0.15, -0.1) is 0 Å². The molecule has 0 radical (unpaired) electrons. The number of hydrogen-bond donors (Lipinski definition) is 2. The molecule has 2 atom stereocenters. The van der Waals surface area contributed by atoms with Gasteiger partial charge in [-0.05, 0) is 6.42 Å². The van der Waals surface area contributed by atoms with Crippen LogP contribution in [0.25, 0.3) is 0 Å². The molecule has 0 saturated carbocycles. The third-order valence-electron chi connectivity index (χ3n) is 2.44. The van der Waals surface area contributed by atoms with Crippen molar-refractivity contribution in [3.63, 3.8) is 0 Å². The molecule has 2 unspecified atom stereocenters. The Labute approximate surface area is 87.9 Å². The Hall–Kier alpha value is 0.150. The fourth-order valence-corrected chi connectivity index (χ4v) is 1.90. The number of nitrogens with two attached hydrogens (primary N) is 1. The normalized spacial score (nSPS) is 15.4. The highest BCUT2D eigenvalue weighted by Crippen LogP contribution is 2.22. The van der Waals surface area contributed by atoms with Gasteiger partial charge < -0.3 is 10.6 Å². The van der Waals surface area contributed by atoms with Gasteiger partial charge in [0.15, 0.2) is 0 Å². The second-order valence-corrected chi connectivity index (χ2v) is 5.27. The van der Waals surface area contributed by atoms with Gasteiger partial charge in [-0.2, -0.15) is 0 Å². The van der Waals surface area contributed by atoms with Gasteiger partial charge in [-0.1, -0.05) is 51.9 Å². The van der Waals surface area contributed by atoms with Crippen LogP contribution in [0.3, 0.4) is 0 Å². The number of unbranched alkanes of at least 4 members (excludes halogenated alkanes) is 6. The standard InChI is InChI=1S/C10H24NO2P/c1-2-3-4-5-6-7-8-9-10(11)14(12)13/h10,14H,2-9,11H2,1H3,(H,12,13). The van der Waals surface area contributed by atoms with Gasteiger partial charge in [-0.3, -0.25) is 4.57 Å². The third-order valence-corrected chi connectivity index (χ3v) is 3.36. The molecule has 0 spiro atoms. The molecule has 3 nitrogen and oxygen atoms in total. The highest BCUT2D eigenvalue weighted by Gasteiger charge is 2.06. The van der Waals surface area contributed by atoms with Crippen molar-refractivity contribution in [1.29, 1.82) is 0 Å². The van der Waals surface area contributed by atoms with Crippen molar-refractivity contribution in [2.75, 3.05) is 0 Å². The van der Waals surface area contributed by atoms with Crippen LogP contribution in [0, 0.1) is 0 Å². The Bertz CT molecular complexity index is 153. The van der Waals surface area contributed by atoms with Gasteiger partial charge in [0.1, 0.15) is 0 Å². The minimum atomic E-state index is -2.49. The average molecular weight is 221 g/mol. The quantitative estimate of drug-likeness (QED) is 0.465. The topological polar surface area (TPSA) is 63.3 Å². The van der Waals surface area contributed by atoms with Gasteiger partial charge >= 0.3 is 0 Å². The van der Waals surface area contributed by atoms with Crippen molar-refractivity contribution in [1.82, 2.24) is 0 Å². The zero-order valence-corrected chi connectivity index (χ0v) is 10.2. The van der Waals surface area contributed by atoms with Crippen LogP contribution in [0.15, 0.2) is 0 Å². The Kier molecular flexibility index (Phi) is 9.80. The summed E-state index contributed by atoms with van der Waals surface area (Å²) in [6.07, 6.45) is 9.27. The first kappa shape index (κ1) is 14.2. The van der Waals surface area contributed by atoms with Crippen molar-refractivity contribution in [2.45, 2.75) is 64.1 Å². The van der Waals surface area contributed by atoms with Gasteiger partial charge in [0.2, 0.25) is 8.03 Å². The lowest BCUT2D eigenvalue weighted by Crippen LogP contribution is -2.14. The monoisotopic (exact) mass is 221 g/mol. The minimum absolute atomic E-state index is 0.476. The van der Waals surface area contributed by atoms with Gasteiger partial charge in [-0.25, -0.2) is 0 Å². The first-order valence-electron chi connectivity index (χ1n) is 5.67. The molecular formula is C10H24NO2P. The summed E-state index contributed by atoms with van der Waals surface area (Å²) in [7, 11) is -2.49. The molecule has 0 saturated heterocycles. The molecule has 0 aromatic carbocycles. The van der Waals surface area contributed by atoms with E-state index in [4.69, 9.17) is 10.6 Å². The van der Waals surface area contributed by atoms with E-state index in [0.29, 0.717) is 6.42 Å². The summed E-state index contributed by atoms with van der Waals surface area (Å²) in [5.41, 5.74) is 5.46. The van der Waals surface area contributed by atoms with Crippen LogP contribution in [0.2, 0.25) is 0 Å². The van der Waals surface area contributed by atoms with Crippen LogP contribution >= 0.6 is 8.03 Å². The summed E-state index contributed by atoms with van der Waals surface area (Å²) in [6.45, 7) is 2.21. The van der Waals surface area contributed by atoms with Crippen LogP contribution in [0.1, 0.15) is 58.3 Å². The third kappa shape index (κ3) is 8.74. The van der Waals surface area contributed by atoms with Gasteiger partial charge in [0.05, 0.1) is 5.78 Å². The second-order valence-electron chi connectivity index (χ2n) is 3.85. The lowest BCUT2D eigenvalue weighted by atomic mass is 10.1. The largest absolute Gasteiger partial charge is 0.345 e. The van der Waals surface area contributed by atoms with E-state index in [1.54, 1.807) is 0 Å². The average Bonchev–Trinajstić information content (AvgIpc) is 2.16.